The molecule has 5 heteroatoms. The summed E-state index contributed by atoms with van der Waals surface area (Å²) in [5, 5.41) is 10.0. The Hall–Kier alpha value is -1.88. The maximum absolute atomic E-state index is 11.7. The van der Waals surface area contributed by atoms with E-state index in [0.29, 0.717) is 6.42 Å². The molecule has 2 aromatic rings. The van der Waals surface area contributed by atoms with E-state index in [-0.39, 0.29) is 11.9 Å². The van der Waals surface area contributed by atoms with Crippen molar-refractivity contribution < 1.29 is 9.21 Å². The van der Waals surface area contributed by atoms with E-state index in [9.17, 15) is 4.79 Å². The van der Waals surface area contributed by atoms with Gasteiger partial charge in [-0.2, -0.15) is 16.4 Å². The van der Waals surface area contributed by atoms with Crippen LogP contribution >= 0.6 is 11.3 Å². The maximum atomic E-state index is 11.7. The van der Waals surface area contributed by atoms with Crippen molar-refractivity contribution in [3.05, 3.63) is 46.0 Å². The third-order valence-corrected chi connectivity index (χ3v) is 3.86. The largest absolute Gasteiger partial charge is 0.464 e. The van der Waals surface area contributed by atoms with Crippen LogP contribution in [0.25, 0.3) is 0 Å². The highest BCUT2D eigenvalue weighted by Crippen LogP contribution is 2.33. The Bertz CT molecular complexity index is 628. The van der Waals surface area contributed by atoms with Crippen molar-refractivity contribution in [3.8, 4) is 0 Å². The van der Waals surface area contributed by atoms with Crippen LogP contribution < -0.4 is 0 Å². The molecule has 1 amide bonds. The van der Waals surface area contributed by atoms with E-state index in [1.165, 1.54) is 11.9 Å². The molecule has 98 valence electrons. The Labute approximate surface area is 115 Å². The van der Waals surface area contributed by atoms with Gasteiger partial charge in [-0.25, -0.2) is 5.01 Å². The average Bonchev–Trinajstić information content (AvgIpc) is 3.07. The van der Waals surface area contributed by atoms with Crippen LogP contribution in [-0.4, -0.2) is 16.6 Å². The summed E-state index contributed by atoms with van der Waals surface area (Å²) < 4.78 is 5.65. The Morgan fingerprint density at radius 3 is 2.89 bits per heavy atom. The van der Waals surface area contributed by atoms with Crippen LogP contribution in [-0.2, 0) is 4.79 Å². The molecule has 1 aliphatic heterocycles. The Kier molecular flexibility index (Phi) is 2.98. The standard InChI is InChI=1S/C14H14N2O2S/c1-9-3-4-14(18-9)13-7-12(11-5-6-19-8-11)15-16(13)10(2)17/h3-6,8,13H,7H2,1-2H3/t13-/m1/s1. The fourth-order valence-corrected chi connectivity index (χ4v) is 2.92. The first-order chi connectivity index (χ1) is 9.15. The van der Waals surface area contributed by atoms with Crippen LogP contribution in [0.15, 0.2) is 38.5 Å². The lowest BCUT2D eigenvalue weighted by molar-refractivity contribution is -0.130. The van der Waals surface area contributed by atoms with Crippen LogP contribution in [0.5, 0.6) is 0 Å². The van der Waals surface area contributed by atoms with Crippen LogP contribution in [0.2, 0.25) is 0 Å². The smallest absolute Gasteiger partial charge is 0.240 e. The van der Waals surface area contributed by atoms with Crippen LogP contribution in [0.4, 0.5) is 0 Å². The normalized spacial score (nSPS) is 18.7. The van der Waals surface area contributed by atoms with Gasteiger partial charge in [-0.15, -0.1) is 0 Å². The van der Waals surface area contributed by atoms with Gasteiger partial charge < -0.3 is 4.42 Å². The fourth-order valence-electron chi connectivity index (χ4n) is 2.26. The lowest BCUT2D eigenvalue weighted by Gasteiger charge is -2.17. The number of thiophene rings is 1. The minimum Gasteiger partial charge on any atom is -0.464 e. The van der Waals surface area contributed by atoms with Crippen molar-refractivity contribution in [2.75, 3.05) is 0 Å². The first-order valence-electron chi connectivity index (χ1n) is 6.11. The summed E-state index contributed by atoms with van der Waals surface area (Å²) >= 11 is 1.63. The molecular weight excluding hydrogens is 260 g/mol. The Balaban J connectivity index is 1.93. The summed E-state index contributed by atoms with van der Waals surface area (Å²) in [6, 6.07) is 5.73. The molecule has 1 atom stereocenters. The van der Waals surface area contributed by atoms with Gasteiger partial charge in [-0.05, 0) is 35.9 Å². The van der Waals surface area contributed by atoms with Gasteiger partial charge in [0.2, 0.25) is 5.91 Å². The number of furan rings is 1. The Morgan fingerprint density at radius 1 is 1.47 bits per heavy atom. The van der Waals surface area contributed by atoms with Gasteiger partial charge in [-0.3, -0.25) is 4.79 Å². The first-order valence-corrected chi connectivity index (χ1v) is 7.05. The number of nitrogens with zero attached hydrogens (tertiary/aromatic N) is 2. The van der Waals surface area contributed by atoms with E-state index in [2.05, 4.69) is 5.10 Å². The molecule has 0 saturated carbocycles. The van der Waals surface area contributed by atoms with E-state index in [4.69, 9.17) is 4.42 Å². The third-order valence-electron chi connectivity index (χ3n) is 3.18. The SMILES string of the molecule is CC(=O)N1N=C(c2ccsc2)C[C@@H]1c1ccc(C)o1. The summed E-state index contributed by atoms with van der Waals surface area (Å²) in [6.45, 7) is 3.43. The molecule has 0 spiro atoms. The predicted molar refractivity (Wildman–Crippen MR) is 74.2 cm³/mol. The number of carbonyl (C=O) groups excluding carboxylic acids is 1. The van der Waals surface area contributed by atoms with Crippen molar-refractivity contribution in [2.24, 2.45) is 5.10 Å². The highest BCUT2D eigenvalue weighted by Gasteiger charge is 2.33. The molecule has 4 nitrogen and oxygen atoms in total. The number of aryl methyl sites for hydroxylation is 1. The van der Waals surface area contributed by atoms with E-state index in [1.54, 1.807) is 11.3 Å². The van der Waals surface area contributed by atoms with Crippen molar-refractivity contribution in [3.63, 3.8) is 0 Å². The highest BCUT2D eigenvalue weighted by atomic mass is 32.1. The molecule has 0 aliphatic carbocycles. The molecule has 0 radical (unpaired) electrons. The molecule has 19 heavy (non-hydrogen) atoms. The zero-order valence-electron chi connectivity index (χ0n) is 10.8. The predicted octanol–water partition coefficient (Wildman–Crippen LogP) is 3.35. The topological polar surface area (TPSA) is 45.8 Å². The molecule has 0 N–H and O–H groups in total. The molecule has 2 aromatic heterocycles. The lowest BCUT2D eigenvalue weighted by Crippen LogP contribution is -2.23. The molecular formula is C14H14N2O2S. The molecule has 0 fully saturated rings. The quantitative estimate of drug-likeness (QED) is 0.843. The summed E-state index contributed by atoms with van der Waals surface area (Å²) in [6.07, 6.45) is 0.698. The second kappa shape index (κ2) is 4.66. The number of amides is 1. The molecule has 0 unspecified atom stereocenters. The van der Waals surface area contributed by atoms with Crippen molar-refractivity contribution in [1.82, 2.24) is 5.01 Å². The molecule has 0 aromatic carbocycles. The van der Waals surface area contributed by atoms with Gasteiger partial charge in [0.1, 0.15) is 17.6 Å². The minimum absolute atomic E-state index is 0.0655. The number of rotatable bonds is 2. The van der Waals surface area contributed by atoms with Crippen molar-refractivity contribution in [2.45, 2.75) is 26.3 Å². The van der Waals surface area contributed by atoms with E-state index < -0.39 is 0 Å². The summed E-state index contributed by atoms with van der Waals surface area (Å²) in [5.74, 6) is 1.58. The van der Waals surface area contributed by atoms with Crippen LogP contribution in [0.1, 0.15) is 36.5 Å². The van der Waals surface area contributed by atoms with E-state index in [1.807, 2.05) is 35.9 Å². The molecule has 0 bridgehead atoms. The molecule has 3 heterocycles. The summed E-state index contributed by atoms with van der Waals surface area (Å²) in [7, 11) is 0. The fraction of sp³-hybridized carbons (Fsp3) is 0.286. The summed E-state index contributed by atoms with van der Waals surface area (Å²) in [5.41, 5.74) is 2.03. The number of hydrazone groups is 1. The second-order valence-corrected chi connectivity index (χ2v) is 5.37. The minimum atomic E-state index is -0.124. The zero-order valence-corrected chi connectivity index (χ0v) is 11.6. The van der Waals surface area contributed by atoms with Crippen molar-refractivity contribution in [1.29, 1.82) is 0 Å². The van der Waals surface area contributed by atoms with Crippen LogP contribution in [0.3, 0.4) is 0 Å². The van der Waals surface area contributed by atoms with Crippen LogP contribution in [0, 0.1) is 6.92 Å². The van der Waals surface area contributed by atoms with Gasteiger partial charge in [0.25, 0.3) is 0 Å². The van der Waals surface area contributed by atoms with Gasteiger partial charge in [0.05, 0.1) is 5.71 Å². The average molecular weight is 274 g/mol. The summed E-state index contributed by atoms with van der Waals surface area (Å²) in [4.78, 5) is 11.7. The van der Waals surface area contributed by atoms with Gasteiger partial charge >= 0.3 is 0 Å². The molecule has 0 saturated heterocycles. The number of carbonyl (C=O) groups is 1. The van der Waals surface area contributed by atoms with Crippen molar-refractivity contribution >= 4 is 23.0 Å². The zero-order chi connectivity index (χ0) is 13.4. The first kappa shape index (κ1) is 12.2. The van der Waals surface area contributed by atoms with E-state index >= 15 is 0 Å². The molecule has 3 rings (SSSR count). The Morgan fingerprint density at radius 2 is 2.32 bits per heavy atom. The second-order valence-electron chi connectivity index (χ2n) is 4.59. The number of hydrogen-bond donors (Lipinski definition) is 0. The number of hydrogen-bond acceptors (Lipinski definition) is 4. The maximum Gasteiger partial charge on any atom is 0.240 e. The van der Waals surface area contributed by atoms with Gasteiger partial charge in [0, 0.05) is 18.9 Å². The van der Waals surface area contributed by atoms with Gasteiger partial charge in [0.15, 0.2) is 0 Å². The lowest BCUT2D eigenvalue weighted by atomic mass is 10.1. The highest BCUT2D eigenvalue weighted by molar-refractivity contribution is 7.08. The van der Waals surface area contributed by atoms with Gasteiger partial charge in [-0.1, -0.05) is 0 Å². The van der Waals surface area contributed by atoms with E-state index in [0.717, 1.165) is 22.8 Å². The monoisotopic (exact) mass is 274 g/mol. The molecule has 1 aliphatic rings. The third kappa shape index (κ3) is 2.21.